The minimum atomic E-state index is -0.585. The molecule has 1 aliphatic rings. The van der Waals surface area contributed by atoms with Crippen molar-refractivity contribution in [3.05, 3.63) is 35.4 Å². The Labute approximate surface area is 102 Å². The minimum absolute atomic E-state index is 0.461. The number of nitrogens with zero attached hydrogens (tertiary/aromatic N) is 1. The number of aryl methyl sites for hydroxylation is 1. The average Bonchev–Trinajstić information content (AvgIpc) is 2.32. The van der Waals surface area contributed by atoms with Crippen molar-refractivity contribution in [2.24, 2.45) is 0 Å². The molecule has 0 atom stereocenters. The summed E-state index contributed by atoms with van der Waals surface area (Å²) in [6, 6.07) is 10.5. The van der Waals surface area contributed by atoms with Crippen LogP contribution in [0.1, 0.15) is 24.0 Å². The Morgan fingerprint density at radius 1 is 1.18 bits per heavy atom. The fourth-order valence-electron chi connectivity index (χ4n) is 2.68. The first-order chi connectivity index (χ1) is 8.11. The first-order valence-electron chi connectivity index (χ1n) is 5.69. The van der Waals surface area contributed by atoms with Gasteiger partial charge in [0.2, 0.25) is 0 Å². The van der Waals surface area contributed by atoms with E-state index in [0.29, 0.717) is 12.8 Å². The highest BCUT2D eigenvalue weighted by Crippen LogP contribution is 2.52. The van der Waals surface area contributed by atoms with Crippen LogP contribution in [0.25, 0.3) is 0 Å². The molecule has 0 unspecified atom stereocenters. The number of hydrogen-bond donors (Lipinski definition) is 0. The van der Waals surface area contributed by atoms with Crippen LogP contribution in [-0.2, 0) is 14.9 Å². The highest BCUT2D eigenvalue weighted by Gasteiger charge is 2.57. The van der Waals surface area contributed by atoms with Gasteiger partial charge in [-0.3, -0.25) is 0 Å². The van der Waals surface area contributed by atoms with Crippen molar-refractivity contribution in [1.29, 1.82) is 5.26 Å². The van der Waals surface area contributed by atoms with Crippen molar-refractivity contribution >= 4 is 0 Å². The molecule has 2 rings (SSSR count). The molecule has 0 bridgehead atoms. The van der Waals surface area contributed by atoms with Crippen molar-refractivity contribution in [1.82, 2.24) is 0 Å². The van der Waals surface area contributed by atoms with Gasteiger partial charge in [-0.2, -0.15) is 5.26 Å². The lowest BCUT2D eigenvalue weighted by Crippen LogP contribution is -2.56. The highest BCUT2D eigenvalue weighted by atomic mass is 16.7. The molecule has 0 aromatic heterocycles. The van der Waals surface area contributed by atoms with Crippen LogP contribution in [0.4, 0.5) is 0 Å². The summed E-state index contributed by atoms with van der Waals surface area (Å²) >= 11 is 0. The molecule has 1 aromatic carbocycles. The molecule has 3 nitrogen and oxygen atoms in total. The SMILES string of the molecule is COC1(OC)CC(C#N)(c2ccccc2C)C1. The van der Waals surface area contributed by atoms with Crippen molar-refractivity contribution in [2.75, 3.05) is 14.2 Å². The van der Waals surface area contributed by atoms with Crippen molar-refractivity contribution < 1.29 is 9.47 Å². The summed E-state index contributed by atoms with van der Waals surface area (Å²) in [4.78, 5) is 0. The van der Waals surface area contributed by atoms with E-state index in [4.69, 9.17) is 9.47 Å². The lowest BCUT2D eigenvalue weighted by atomic mass is 9.60. The molecule has 1 fully saturated rings. The zero-order valence-electron chi connectivity index (χ0n) is 10.5. The van der Waals surface area contributed by atoms with Gasteiger partial charge in [0.1, 0.15) is 0 Å². The number of methoxy groups -OCH3 is 2. The summed E-state index contributed by atoms with van der Waals surface area (Å²) in [7, 11) is 3.26. The molecular formula is C14H17NO2. The van der Waals surface area contributed by atoms with E-state index < -0.39 is 11.2 Å². The Morgan fingerprint density at radius 2 is 1.76 bits per heavy atom. The fraction of sp³-hybridized carbons (Fsp3) is 0.500. The van der Waals surface area contributed by atoms with Gasteiger partial charge >= 0.3 is 0 Å². The van der Waals surface area contributed by atoms with E-state index in [-0.39, 0.29) is 0 Å². The first-order valence-corrected chi connectivity index (χ1v) is 5.69. The third kappa shape index (κ3) is 1.74. The summed E-state index contributed by atoms with van der Waals surface area (Å²) in [5, 5.41) is 9.48. The molecule has 0 aliphatic heterocycles. The maximum atomic E-state index is 9.48. The smallest absolute Gasteiger partial charge is 0.171 e. The molecule has 1 aromatic rings. The topological polar surface area (TPSA) is 42.2 Å². The fourth-order valence-corrected chi connectivity index (χ4v) is 2.68. The van der Waals surface area contributed by atoms with Crippen LogP contribution >= 0.6 is 0 Å². The Bertz CT molecular complexity index is 450. The van der Waals surface area contributed by atoms with Gasteiger partial charge in [0, 0.05) is 27.1 Å². The predicted octanol–water partition coefficient (Wildman–Crippen LogP) is 2.54. The van der Waals surface area contributed by atoms with E-state index in [9.17, 15) is 5.26 Å². The van der Waals surface area contributed by atoms with Gasteiger partial charge in [0.15, 0.2) is 5.79 Å². The largest absolute Gasteiger partial charge is 0.353 e. The minimum Gasteiger partial charge on any atom is -0.353 e. The zero-order valence-corrected chi connectivity index (χ0v) is 10.5. The van der Waals surface area contributed by atoms with Crippen molar-refractivity contribution in [2.45, 2.75) is 31.0 Å². The molecule has 17 heavy (non-hydrogen) atoms. The Kier molecular flexibility index (Phi) is 2.94. The maximum Gasteiger partial charge on any atom is 0.171 e. The summed E-state index contributed by atoms with van der Waals surface area (Å²) in [5.41, 5.74) is 1.78. The summed E-state index contributed by atoms with van der Waals surface area (Å²) < 4.78 is 10.7. The molecule has 0 amide bonds. The zero-order chi connectivity index (χ0) is 12.5. The Balaban J connectivity index is 2.33. The first kappa shape index (κ1) is 12.1. The monoisotopic (exact) mass is 231 g/mol. The van der Waals surface area contributed by atoms with E-state index in [1.165, 1.54) is 0 Å². The molecule has 3 heteroatoms. The second-order valence-corrected chi connectivity index (χ2v) is 4.68. The maximum absolute atomic E-state index is 9.48. The van der Waals surface area contributed by atoms with Gasteiger partial charge in [-0.05, 0) is 18.1 Å². The molecule has 90 valence electrons. The molecule has 0 radical (unpaired) electrons. The van der Waals surface area contributed by atoms with E-state index in [1.807, 2.05) is 31.2 Å². The van der Waals surface area contributed by atoms with Crippen LogP contribution < -0.4 is 0 Å². The highest BCUT2D eigenvalue weighted by molar-refractivity contribution is 5.42. The molecule has 1 aliphatic carbocycles. The quantitative estimate of drug-likeness (QED) is 0.751. The number of nitriles is 1. The Hall–Kier alpha value is -1.37. The van der Waals surface area contributed by atoms with Crippen molar-refractivity contribution in [3.8, 4) is 6.07 Å². The molecule has 1 saturated carbocycles. The third-order valence-corrected chi connectivity index (χ3v) is 3.76. The van der Waals surface area contributed by atoms with Crippen LogP contribution in [0.3, 0.4) is 0 Å². The second kappa shape index (κ2) is 4.14. The number of ether oxygens (including phenoxy) is 2. The van der Waals surface area contributed by atoms with Crippen LogP contribution in [0.5, 0.6) is 0 Å². The summed E-state index contributed by atoms with van der Waals surface area (Å²) in [6.45, 7) is 2.04. The van der Waals surface area contributed by atoms with Gasteiger partial charge in [-0.15, -0.1) is 0 Å². The number of hydrogen-bond acceptors (Lipinski definition) is 3. The predicted molar refractivity (Wildman–Crippen MR) is 64.5 cm³/mol. The second-order valence-electron chi connectivity index (χ2n) is 4.68. The number of rotatable bonds is 3. The molecule has 0 spiro atoms. The van der Waals surface area contributed by atoms with E-state index >= 15 is 0 Å². The average molecular weight is 231 g/mol. The third-order valence-electron chi connectivity index (χ3n) is 3.76. The van der Waals surface area contributed by atoms with E-state index in [2.05, 4.69) is 6.07 Å². The molecule has 0 saturated heterocycles. The van der Waals surface area contributed by atoms with Crippen LogP contribution in [0, 0.1) is 18.3 Å². The standard InChI is InChI=1S/C14H17NO2/c1-11-6-4-5-7-12(11)13(10-15)8-14(9-13,16-2)17-3/h4-7H,8-9H2,1-3H3. The van der Waals surface area contributed by atoms with Crippen LogP contribution in [0.15, 0.2) is 24.3 Å². The normalized spacial score (nSPS) is 20.4. The summed E-state index contributed by atoms with van der Waals surface area (Å²) in [5.74, 6) is -0.585. The van der Waals surface area contributed by atoms with Gasteiger partial charge in [0.25, 0.3) is 0 Å². The van der Waals surface area contributed by atoms with Gasteiger partial charge in [0.05, 0.1) is 11.5 Å². The van der Waals surface area contributed by atoms with Gasteiger partial charge < -0.3 is 9.47 Å². The van der Waals surface area contributed by atoms with Gasteiger partial charge in [-0.1, -0.05) is 24.3 Å². The molecule has 0 N–H and O–H groups in total. The Morgan fingerprint density at radius 3 is 2.24 bits per heavy atom. The summed E-state index contributed by atoms with van der Waals surface area (Å²) in [6.07, 6.45) is 1.18. The molecular weight excluding hydrogens is 214 g/mol. The van der Waals surface area contributed by atoms with Crippen LogP contribution in [0.2, 0.25) is 0 Å². The van der Waals surface area contributed by atoms with E-state index in [0.717, 1.165) is 11.1 Å². The lowest BCUT2D eigenvalue weighted by Gasteiger charge is -2.50. The number of benzene rings is 1. The van der Waals surface area contributed by atoms with Gasteiger partial charge in [-0.25, -0.2) is 0 Å². The van der Waals surface area contributed by atoms with E-state index in [1.54, 1.807) is 14.2 Å². The van der Waals surface area contributed by atoms with Crippen LogP contribution in [-0.4, -0.2) is 20.0 Å². The van der Waals surface area contributed by atoms with Crippen molar-refractivity contribution in [3.63, 3.8) is 0 Å². The molecule has 0 heterocycles. The lowest BCUT2D eigenvalue weighted by molar-refractivity contribution is -0.269.